The zero-order valence-corrected chi connectivity index (χ0v) is 14.0. The molecule has 2 aliphatic rings. The Labute approximate surface area is 141 Å². The lowest BCUT2D eigenvalue weighted by molar-refractivity contribution is -0.118. The first-order valence-corrected chi connectivity index (χ1v) is 9.21. The van der Waals surface area contributed by atoms with Gasteiger partial charge in [0.25, 0.3) is 0 Å². The van der Waals surface area contributed by atoms with E-state index in [4.69, 9.17) is 9.47 Å². The number of pyridine rings is 1. The molecule has 1 saturated heterocycles. The van der Waals surface area contributed by atoms with E-state index < -0.39 is 0 Å². The Morgan fingerprint density at radius 2 is 2.13 bits per heavy atom. The van der Waals surface area contributed by atoms with Crippen molar-refractivity contribution in [3.05, 3.63) is 52.5 Å². The molecule has 3 heterocycles. The number of nitrogens with zero attached hydrogens (tertiary/aromatic N) is 2. The lowest BCUT2D eigenvalue weighted by atomic mass is 10.1. The number of morpholine rings is 1. The molecule has 0 spiro atoms. The van der Waals surface area contributed by atoms with E-state index >= 15 is 0 Å². The van der Waals surface area contributed by atoms with Gasteiger partial charge in [0.1, 0.15) is 0 Å². The van der Waals surface area contributed by atoms with E-state index in [1.807, 2.05) is 24.5 Å². The highest BCUT2D eigenvalue weighted by atomic mass is 32.1. The van der Waals surface area contributed by atoms with Crippen LogP contribution >= 0.6 is 11.3 Å². The molecule has 5 heteroatoms. The average molecular weight is 330 g/mol. The summed E-state index contributed by atoms with van der Waals surface area (Å²) in [5, 5.41) is 4.40. The van der Waals surface area contributed by atoms with Crippen LogP contribution in [0.15, 0.2) is 41.4 Å². The van der Waals surface area contributed by atoms with Crippen molar-refractivity contribution >= 4 is 11.3 Å². The summed E-state index contributed by atoms with van der Waals surface area (Å²) in [6.07, 6.45) is 6.30. The van der Waals surface area contributed by atoms with Crippen LogP contribution in [0, 0.1) is 0 Å². The summed E-state index contributed by atoms with van der Waals surface area (Å²) < 4.78 is 12.2. The van der Waals surface area contributed by atoms with Gasteiger partial charge in [-0.3, -0.25) is 9.88 Å². The molecule has 1 aliphatic heterocycles. The quantitative estimate of drug-likeness (QED) is 0.844. The van der Waals surface area contributed by atoms with Gasteiger partial charge in [0, 0.05) is 31.5 Å². The highest BCUT2D eigenvalue weighted by Gasteiger charge is 2.43. The van der Waals surface area contributed by atoms with Crippen LogP contribution in [0.1, 0.15) is 24.0 Å². The predicted molar refractivity (Wildman–Crippen MR) is 90.3 cm³/mol. The maximum atomic E-state index is 6.16. The van der Waals surface area contributed by atoms with Gasteiger partial charge in [-0.25, -0.2) is 0 Å². The summed E-state index contributed by atoms with van der Waals surface area (Å²) in [7, 11) is 0. The van der Waals surface area contributed by atoms with Crippen LogP contribution in [0.3, 0.4) is 0 Å². The molecular weight excluding hydrogens is 308 g/mol. The number of hydrogen-bond acceptors (Lipinski definition) is 5. The minimum Gasteiger partial charge on any atom is -0.373 e. The van der Waals surface area contributed by atoms with Crippen molar-refractivity contribution in [1.82, 2.24) is 9.88 Å². The number of aromatic nitrogens is 1. The van der Waals surface area contributed by atoms with Gasteiger partial charge < -0.3 is 9.47 Å². The van der Waals surface area contributed by atoms with Crippen molar-refractivity contribution in [1.29, 1.82) is 0 Å². The third-order valence-corrected chi connectivity index (χ3v) is 5.56. The number of ether oxygens (including phenoxy) is 2. The van der Waals surface area contributed by atoms with Gasteiger partial charge in [0.2, 0.25) is 0 Å². The fourth-order valence-corrected chi connectivity index (χ4v) is 4.33. The molecule has 2 fully saturated rings. The minimum absolute atomic E-state index is 0.207. The van der Waals surface area contributed by atoms with Gasteiger partial charge in [-0.05, 0) is 52.9 Å². The second-order valence-electron chi connectivity index (χ2n) is 6.29. The standard InChI is InChI=1S/C18H22N2O2S/c1-2-17(22-12-14-3-6-19-7-4-14)18-16(1)20(8-9-21-18)11-15-5-10-23-13-15/h3-7,10,13,16-18H,1-2,8-9,11-12H2/t16-,17-,18-/m1/s1. The summed E-state index contributed by atoms with van der Waals surface area (Å²) in [6.45, 7) is 3.50. The van der Waals surface area contributed by atoms with E-state index in [0.717, 1.165) is 32.5 Å². The smallest absolute Gasteiger partial charge is 0.0992 e. The van der Waals surface area contributed by atoms with Crippen LogP contribution in [-0.4, -0.2) is 41.3 Å². The average Bonchev–Trinajstić information content (AvgIpc) is 3.24. The van der Waals surface area contributed by atoms with Gasteiger partial charge in [-0.1, -0.05) is 0 Å². The Morgan fingerprint density at radius 3 is 2.96 bits per heavy atom. The number of thiophene rings is 1. The van der Waals surface area contributed by atoms with Crippen molar-refractivity contribution in [3.8, 4) is 0 Å². The molecule has 0 aromatic carbocycles. The van der Waals surface area contributed by atoms with Gasteiger partial charge in [-0.2, -0.15) is 11.3 Å². The second kappa shape index (κ2) is 7.09. The fourth-order valence-electron chi connectivity index (χ4n) is 3.67. The predicted octanol–water partition coefficient (Wildman–Crippen LogP) is 3.09. The van der Waals surface area contributed by atoms with Crippen molar-refractivity contribution in [3.63, 3.8) is 0 Å². The number of fused-ring (bicyclic) bond motifs is 1. The Balaban J connectivity index is 1.37. The van der Waals surface area contributed by atoms with E-state index in [-0.39, 0.29) is 12.2 Å². The van der Waals surface area contributed by atoms with Gasteiger partial charge in [0.05, 0.1) is 25.4 Å². The van der Waals surface area contributed by atoms with Crippen molar-refractivity contribution < 1.29 is 9.47 Å². The molecule has 1 saturated carbocycles. The fraction of sp³-hybridized carbons (Fsp3) is 0.500. The zero-order chi connectivity index (χ0) is 15.5. The third kappa shape index (κ3) is 3.48. The maximum absolute atomic E-state index is 6.16. The van der Waals surface area contributed by atoms with Crippen LogP contribution in [-0.2, 0) is 22.6 Å². The normalized spacial score (nSPS) is 27.9. The van der Waals surface area contributed by atoms with E-state index in [0.29, 0.717) is 12.6 Å². The van der Waals surface area contributed by atoms with Crippen LogP contribution in [0.5, 0.6) is 0 Å². The van der Waals surface area contributed by atoms with E-state index in [2.05, 4.69) is 26.7 Å². The summed E-state index contributed by atoms with van der Waals surface area (Å²) in [5.41, 5.74) is 2.59. The van der Waals surface area contributed by atoms with Crippen molar-refractivity contribution in [2.75, 3.05) is 13.2 Å². The molecule has 2 aromatic rings. The molecule has 0 radical (unpaired) electrons. The Morgan fingerprint density at radius 1 is 1.22 bits per heavy atom. The first-order chi connectivity index (χ1) is 11.4. The van der Waals surface area contributed by atoms with Crippen LogP contribution in [0.2, 0.25) is 0 Å². The van der Waals surface area contributed by atoms with Gasteiger partial charge in [-0.15, -0.1) is 0 Å². The zero-order valence-electron chi connectivity index (χ0n) is 13.1. The van der Waals surface area contributed by atoms with Crippen molar-refractivity contribution in [2.24, 2.45) is 0 Å². The van der Waals surface area contributed by atoms with E-state index in [1.165, 1.54) is 11.1 Å². The van der Waals surface area contributed by atoms with Gasteiger partial charge >= 0.3 is 0 Å². The van der Waals surface area contributed by atoms with E-state index in [1.54, 1.807) is 11.3 Å². The number of hydrogen-bond donors (Lipinski definition) is 0. The van der Waals surface area contributed by atoms with Gasteiger partial charge in [0.15, 0.2) is 0 Å². The Kier molecular flexibility index (Phi) is 4.71. The SMILES string of the molecule is c1cc(CO[C@@H]2CC[C@@H]3[C@H]2OCCN3Cc2ccsc2)ccn1. The molecule has 2 aromatic heterocycles. The first-order valence-electron chi connectivity index (χ1n) is 8.27. The lowest BCUT2D eigenvalue weighted by Crippen LogP contribution is -2.51. The van der Waals surface area contributed by atoms with E-state index in [9.17, 15) is 0 Å². The molecule has 4 rings (SSSR count). The molecule has 0 bridgehead atoms. The largest absolute Gasteiger partial charge is 0.373 e. The highest BCUT2D eigenvalue weighted by Crippen LogP contribution is 2.33. The molecule has 122 valence electrons. The Hall–Kier alpha value is -1.27. The lowest BCUT2D eigenvalue weighted by Gasteiger charge is -2.39. The molecule has 4 nitrogen and oxygen atoms in total. The molecule has 3 atom stereocenters. The highest BCUT2D eigenvalue weighted by molar-refractivity contribution is 7.07. The summed E-state index contributed by atoms with van der Waals surface area (Å²) in [6, 6.07) is 6.74. The summed E-state index contributed by atoms with van der Waals surface area (Å²) in [4.78, 5) is 6.63. The summed E-state index contributed by atoms with van der Waals surface area (Å²) >= 11 is 1.77. The van der Waals surface area contributed by atoms with Crippen LogP contribution in [0.25, 0.3) is 0 Å². The number of rotatable bonds is 5. The molecule has 23 heavy (non-hydrogen) atoms. The van der Waals surface area contributed by atoms with Crippen molar-refractivity contribution in [2.45, 2.75) is 44.2 Å². The monoisotopic (exact) mass is 330 g/mol. The molecule has 1 aliphatic carbocycles. The summed E-state index contributed by atoms with van der Waals surface area (Å²) in [5.74, 6) is 0. The van der Waals surface area contributed by atoms with Crippen LogP contribution in [0.4, 0.5) is 0 Å². The molecule has 0 amide bonds. The second-order valence-corrected chi connectivity index (χ2v) is 7.07. The topological polar surface area (TPSA) is 34.6 Å². The molecule has 0 unspecified atom stereocenters. The maximum Gasteiger partial charge on any atom is 0.0992 e. The third-order valence-electron chi connectivity index (χ3n) is 4.83. The minimum atomic E-state index is 0.207. The molecule has 0 N–H and O–H groups in total. The molecular formula is C18H22N2O2S. The first kappa shape index (κ1) is 15.3. The Bertz CT molecular complexity index is 605. The van der Waals surface area contributed by atoms with Crippen LogP contribution < -0.4 is 0 Å².